The van der Waals surface area contributed by atoms with E-state index < -0.39 is 0 Å². The van der Waals surface area contributed by atoms with Gasteiger partial charge in [-0.3, -0.25) is 14.8 Å². The van der Waals surface area contributed by atoms with Crippen LogP contribution in [0.25, 0.3) is 0 Å². The Morgan fingerprint density at radius 3 is 2.82 bits per heavy atom. The minimum absolute atomic E-state index is 0. The van der Waals surface area contributed by atoms with Crippen LogP contribution < -0.4 is 5.32 Å². The number of carbonyl (C=O) groups is 1. The first kappa shape index (κ1) is 21.7. The van der Waals surface area contributed by atoms with E-state index in [1.165, 1.54) is 0 Å². The summed E-state index contributed by atoms with van der Waals surface area (Å²) in [5, 5.41) is 11.5. The van der Waals surface area contributed by atoms with Crippen molar-refractivity contribution in [2.24, 2.45) is 0 Å². The Hall–Kier alpha value is -2.55. The third kappa shape index (κ3) is 4.83. The Balaban J connectivity index is 0.00000140. The number of nitrogens with one attached hydrogen (secondary N) is 1. The van der Waals surface area contributed by atoms with Gasteiger partial charge >= 0.3 is 0 Å². The molecule has 28 heavy (non-hydrogen) atoms. The number of hydrogen-bond donors (Lipinski definition) is 1. The van der Waals surface area contributed by atoms with E-state index in [2.05, 4.69) is 25.6 Å². The number of hydrogen-bond acceptors (Lipinski definition) is 6. The molecule has 1 saturated heterocycles. The molecule has 1 aliphatic rings. The predicted molar refractivity (Wildman–Crippen MR) is 109 cm³/mol. The van der Waals surface area contributed by atoms with Gasteiger partial charge in [-0.1, -0.05) is 17.3 Å². The van der Waals surface area contributed by atoms with Crippen LogP contribution in [-0.4, -0.2) is 55.4 Å². The fourth-order valence-electron chi connectivity index (χ4n) is 3.10. The SMILES string of the molecule is Cl.Cl.O=C(c1cn(Cc2ccccn2)nn1)N1CCNCC1c1cccnc1. The first-order valence-electron chi connectivity index (χ1n) is 8.53. The Labute approximate surface area is 175 Å². The van der Waals surface area contributed by atoms with E-state index in [9.17, 15) is 4.79 Å². The molecule has 0 aliphatic carbocycles. The molecule has 0 saturated carbocycles. The fourth-order valence-corrected chi connectivity index (χ4v) is 3.10. The molecule has 4 rings (SSSR count). The number of aromatic nitrogens is 5. The van der Waals surface area contributed by atoms with Crippen LogP contribution in [0.15, 0.2) is 55.1 Å². The summed E-state index contributed by atoms with van der Waals surface area (Å²) >= 11 is 0. The molecular weight excluding hydrogens is 401 g/mol. The van der Waals surface area contributed by atoms with Crippen molar-refractivity contribution in [2.45, 2.75) is 12.6 Å². The van der Waals surface area contributed by atoms with Crippen LogP contribution in [0.3, 0.4) is 0 Å². The Kier molecular flexibility index (Phi) is 7.86. The third-order valence-corrected chi connectivity index (χ3v) is 4.38. The van der Waals surface area contributed by atoms with Gasteiger partial charge in [0.1, 0.15) is 0 Å². The molecule has 0 bridgehead atoms. The quantitative estimate of drug-likeness (QED) is 0.689. The van der Waals surface area contributed by atoms with E-state index in [4.69, 9.17) is 0 Å². The van der Waals surface area contributed by atoms with Crippen molar-refractivity contribution in [1.29, 1.82) is 0 Å². The number of rotatable bonds is 4. The lowest BCUT2D eigenvalue weighted by Crippen LogP contribution is -2.48. The first-order chi connectivity index (χ1) is 12.8. The minimum Gasteiger partial charge on any atom is -0.328 e. The van der Waals surface area contributed by atoms with Crippen molar-refractivity contribution in [1.82, 2.24) is 35.2 Å². The lowest BCUT2D eigenvalue weighted by atomic mass is 10.0. The number of amides is 1. The molecule has 0 spiro atoms. The van der Waals surface area contributed by atoms with E-state index in [0.29, 0.717) is 25.3 Å². The molecule has 8 nitrogen and oxygen atoms in total. The minimum atomic E-state index is -0.118. The third-order valence-electron chi connectivity index (χ3n) is 4.38. The van der Waals surface area contributed by atoms with Gasteiger partial charge in [-0.2, -0.15) is 0 Å². The van der Waals surface area contributed by atoms with Gasteiger partial charge in [0.15, 0.2) is 5.69 Å². The lowest BCUT2D eigenvalue weighted by Gasteiger charge is -2.35. The molecule has 148 valence electrons. The Morgan fingerprint density at radius 1 is 1.18 bits per heavy atom. The van der Waals surface area contributed by atoms with Crippen LogP contribution in [0.4, 0.5) is 0 Å². The first-order valence-corrected chi connectivity index (χ1v) is 8.53. The van der Waals surface area contributed by atoms with E-state index in [-0.39, 0.29) is 36.8 Å². The van der Waals surface area contributed by atoms with E-state index in [1.807, 2.05) is 35.2 Å². The van der Waals surface area contributed by atoms with Gasteiger partial charge in [0.05, 0.1) is 24.5 Å². The van der Waals surface area contributed by atoms with Gasteiger partial charge in [-0.05, 0) is 23.8 Å². The van der Waals surface area contributed by atoms with E-state index in [1.54, 1.807) is 29.5 Å². The fraction of sp³-hybridized carbons (Fsp3) is 0.278. The average Bonchev–Trinajstić information content (AvgIpc) is 3.17. The maximum Gasteiger partial charge on any atom is 0.276 e. The molecule has 1 fully saturated rings. The Bertz CT molecular complexity index is 876. The molecule has 10 heteroatoms. The van der Waals surface area contributed by atoms with Crippen LogP contribution in [0.1, 0.15) is 27.8 Å². The maximum atomic E-state index is 13.0. The topological polar surface area (TPSA) is 88.8 Å². The molecule has 1 N–H and O–H groups in total. The van der Waals surface area contributed by atoms with Crippen molar-refractivity contribution in [3.8, 4) is 0 Å². The Morgan fingerprint density at radius 2 is 2.07 bits per heavy atom. The van der Waals surface area contributed by atoms with Gasteiger partial charge in [-0.25, -0.2) is 4.68 Å². The summed E-state index contributed by atoms with van der Waals surface area (Å²) in [4.78, 5) is 23.3. The smallest absolute Gasteiger partial charge is 0.276 e. The molecule has 3 aromatic heterocycles. The second-order valence-electron chi connectivity index (χ2n) is 6.13. The average molecular weight is 422 g/mol. The standard InChI is InChI=1S/C18H19N7O.2ClH/c26-18(16-13-24(23-22-16)12-15-5-1-2-7-21-15)25-9-8-20-11-17(25)14-4-3-6-19-10-14;;/h1-7,10,13,17,20H,8-9,11-12H2;2*1H. The summed E-state index contributed by atoms with van der Waals surface area (Å²) in [5.41, 5.74) is 2.22. The summed E-state index contributed by atoms with van der Waals surface area (Å²) in [5.74, 6) is -0.118. The van der Waals surface area contributed by atoms with Gasteiger partial charge < -0.3 is 10.2 Å². The zero-order valence-corrected chi connectivity index (χ0v) is 16.6. The zero-order valence-electron chi connectivity index (χ0n) is 15.0. The zero-order chi connectivity index (χ0) is 17.8. The monoisotopic (exact) mass is 421 g/mol. The van der Waals surface area contributed by atoms with Crippen LogP contribution in [0, 0.1) is 0 Å². The van der Waals surface area contributed by atoms with Gasteiger partial charge in [0.25, 0.3) is 5.91 Å². The van der Waals surface area contributed by atoms with Gasteiger partial charge in [0, 0.05) is 38.2 Å². The highest BCUT2D eigenvalue weighted by molar-refractivity contribution is 5.92. The van der Waals surface area contributed by atoms with E-state index in [0.717, 1.165) is 17.8 Å². The molecule has 1 amide bonds. The molecule has 1 atom stereocenters. The number of halogens is 2. The van der Waals surface area contributed by atoms with Crippen LogP contribution in [0.2, 0.25) is 0 Å². The van der Waals surface area contributed by atoms with Crippen molar-refractivity contribution < 1.29 is 4.79 Å². The van der Waals surface area contributed by atoms with Gasteiger partial charge in [0.2, 0.25) is 0 Å². The maximum absolute atomic E-state index is 13.0. The molecule has 4 heterocycles. The summed E-state index contributed by atoms with van der Waals surface area (Å²) in [7, 11) is 0. The lowest BCUT2D eigenvalue weighted by molar-refractivity contribution is 0.0627. The van der Waals surface area contributed by atoms with Crippen molar-refractivity contribution in [3.05, 3.63) is 72.1 Å². The van der Waals surface area contributed by atoms with Crippen molar-refractivity contribution in [2.75, 3.05) is 19.6 Å². The molecule has 0 aromatic carbocycles. The largest absolute Gasteiger partial charge is 0.328 e. The molecule has 1 aliphatic heterocycles. The highest BCUT2D eigenvalue weighted by Gasteiger charge is 2.30. The van der Waals surface area contributed by atoms with Crippen molar-refractivity contribution >= 4 is 30.7 Å². The summed E-state index contributed by atoms with van der Waals surface area (Å²) in [6.07, 6.45) is 6.95. The highest BCUT2D eigenvalue weighted by Crippen LogP contribution is 2.23. The summed E-state index contributed by atoms with van der Waals surface area (Å²) in [6.45, 7) is 2.55. The molecule has 1 unspecified atom stereocenters. The number of carbonyl (C=O) groups excluding carboxylic acids is 1. The molecule has 3 aromatic rings. The van der Waals surface area contributed by atoms with Crippen LogP contribution in [-0.2, 0) is 6.54 Å². The number of nitrogens with zero attached hydrogens (tertiary/aromatic N) is 6. The van der Waals surface area contributed by atoms with Crippen LogP contribution >= 0.6 is 24.8 Å². The highest BCUT2D eigenvalue weighted by atomic mass is 35.5. The second-order valence-corrected chi connectivity index (χ2v) is 6.13. The predicted octanol–water partition coefficient (Wildman–Crippen LogP) is 1.75. The molecular formula is C18H21Cl2N7O. The molecule has 0 radical (unpaired) electrons. The van der Waals surface area contributed by atoms with Gasteiger partial charge in [-0.15, -0.1) is 29.9 Å². The normalized spacial score (nSPS) is 16.0. The second kappa shape index (κ2) is 10.1. The summed E-state index contributed by atoms with van der Waals surface area (Å²) in [6, 6.07) is 9.51. The van der Waals surface area contributed by atoms with Crippen molar-refractivity contribution in [3.63, 3.8) is 0 Å². The number of piperazine rings is 1. The van der Waals surface area contributed by atoms with Crippen LogP contribution in [0.5, 0.6) is 0 Å². The van der Waals surface area contributed by atoms with E-state index >= 15 is 0 Å². The number of pyridine rings is 2. The summed E-state index contributed by atoms with van der Waals surface area (Å²) < 4.78 is 1.64.